The number of hydrogen-bond acceptors (Lipinski definition) is 1. The van der Waals surface area contributed by atoms with E-state index in [4.69, 9.17) is 0 Å². The van der Waals surface area contributed by atoms with E-state index in [1.807, 2.05) is 6.07 Å². The molecule has 0 heterocycles. The Morgan fingerprint density at radius 2 is 2.12 bits per heavy atom. The summed E-state index contributed by atoms with van der Waals surface area (Å²) >= 11 is 3.40. The van der Waals surface area contributed by atoms with Crippen LogP contribution in [0.3, 0.4) is 0 Å². The summed E-state index contributed by atoms with van der Waals surface area (Å²) < 4.78 is 14.6. The lowest BCUT2D eigenvalue weighted by Gasteiger charge is -2.20. The van der Waals surface area contributed by atoms with Gasteiger partial charge in [-0.3, -0.25) is 0 Å². The van der Waals surface area contributed by atoms with Crippen LogP contribution in [0.15, 0.2) is 22.7 Å². The third-order valence-electron chi connectivity index (χ3n) is 3.17. The molecule has 94 valence electrons. The van der Waals surface area contributed by atoms with Gasteiger partial charge in [-0.2, -0.15) is 0 Å². The second-order valence-electron chi connectivity index (χ2n) is 5.90. The Balaban J connectivity index is 1.96. The van der Waals surface area contributed by atoms with Gasteiger partial charge in [0.25, 0.3) is 0 Å². The van der Waals surface area contributed by atoms with Gasteiger partial charge in [-0.1, -0.05) is 15.9 Å². The third-order valence-corrected chi connectivity index (χ3v) is 3.67. The van der Waals surface area contributed by atoms with Crippen molar-refractivity contribution < 1.29 is 4.39 Å². The summed E-state index contributed by atoms with van der Waals surface area (Å²) in [6.07, 6.45) is 1.09. The lowest BCUT2D eigenvalue weighted by atomic mass is 10.1. The van der Waals surface area contributed by atoms with Crippen LogP contribution < -0.4 is 5.32 Å². The average Bonchev–Trinajstić information content (AvgIpc) is 2.97. The Kier molecular flexibility index (Phi) is 3.60. The number of nitrogens with one attached hydrogen (secondary N) is 1. The number of benzene rings is 1. The minimum atomic E-state index is -0.0727. The molecule has 1 fully saturated rings. The van der Waals surface area contributed by atoms with Crippen molar-refractivity contribution in [1.29, 1.82) is 0 Å². The molecule has 0 saturated heterocycles. The average molecular weight is 300 g/mol. The fourth-order valence-electron chi connectivity index (χ4n) is 2.09. The summed E-state index contributed by atoms with van der Waals surface area (Å²) in [6.45, 7) is 7.44. The number of hydrogen-bond donors (Lipinski definition) is 1. The summed E-state index contributed by atoms with van der Waals surface area (Å²) in [5.74, 6) is 0.900. The molecular formula is C14H19BrFN. The van der Waals surface area contributed by atoms with Gasteiger partial charge in [-0.25, -0.2) is 4.39 Å². The molecule has 17 heavy (non-hydrogen) atoms. The summed E-state index contributed by atoms with van der Waals surface area (Å²) in [5, 5.41) is 3.48. The summed E-state index contributed by atoms with van der Waals surface area (Å²) in [7, 11) is 0. The van der Waals surface area contributed by atoms with Crippen molar-refractivity contribution in [3.05, 3.63) is 34.1 Å². The van der Waals surface area contributed by atoms with Gasteiger partial charge < -0.3 is 5.32 Å². The van der Waals surface area contributed by atoms with Gasteiger partial charge in [-0.15, -0.1) is 0 Å². The highest BCUT2D eigenvalue weighted by atomic mass is 79.9. The molecule has 1 aromatic rings. The maximum Gasteiger partial charge on any atom is 0.126 e. The first-order valence-electron chi connectivity index (χ1n) is 6.07. The first-order chi connectivity index (χ1) is 7.87. The lowest BCUT2D eigenvalue weighted by molar-refractivity contribution is 0.413. The van der Waals surface area contributed by atoms with Gasteiger partial charge in [-0.05, 0) is 69.3 Å². The molecule has 0 aromatic heterocycles. The molecule has 1 nitrogen and oxygen atoms in total. The fraction of sp³-hybridized carbons (Fsp3) is 0.571. The van der Waals surface area contributed by atoms with Crippen LogP contribution >= 0.6 is 15.9 Å². The Morgan fingerprint density at radius 3 is 2.76 bits per heavy atom. The van der Waals surface area contributed by atoms with Gasteiger partial charge in [0.15, 0.2) is 0 Å². The highest BCUT2D eigenvalue weighted by Gasteiger charge is 2.40. The van der Waals surface area contributed by atoms with E-state index >= 15 is 0 Å². The number of rotatable bonds is 3. The second kappa shape index (κ2) is 4.69. The van der Waals surface area contributed by atoms with E-state index in [0.29, 0.717) is 11.8 Å². The first kappa shape index (κ1) is 13.0. The van der Waals surface area contributed by atoms with Crippen LogP contribution in [-0.2, 0) is 0 Å². The molecule has 2 rings (SSSR count). The normalized spacial score (nSPS) is 23.8. The minimum absolute atomic E-state index is 0.0727. The van der Waals surface area contributed by atoms with Gasteiger partial charge in [0.2, 0.25) is 0 Å². The van der Waals surface area contributed by atoms with E-state index in [1.54, 1.807) is 12.1 Å². The van der Waals surface area contributed by atoms with Gasteiger partial charge in [0.05, 0.1) is 0 Å². The lowest BCUT2D eigenvalue weighted by Crippen LogP contribution is -2.37. The Morgan fingerprint density at radius 1 is 1.41 bits per heavy atom. The van der Waals surface area contributed by atoms with Crippen LogP contribution in [0.2, 0.25) is 0 Å². The largest absolute Gasteiger partial charge is 0.312 e. The third kappa shape index (κ3) is 3.52. The van der Waals surface area contributed by atoms with Gasteiger partial charge >= 0.3 is 0 Å². The smallest absolute Gasteiger partial charge is 0.126 e. The Hall–Kier alpha value is -0.410. The molecule has 0 spiro atoms. The van der Waals surface area contributed by atoms with E-state index in [1.165, 1.54) is 0 Å². The fourth-order valence-corrected chi connectivity index (χ4v) is 2.47. The Labute approximate surface area is 111 Å². The van der Waals surface area contributed by atoms with Gasteiger partial charge in [0.1, 0.15) is 5.82 Å². The van der Waals surface area contributed by atoms with Crippen LogP contribution in [0.1, 0.15) is 38.7 Å². The SMILES string of the molecule is CC(C)(C)NCC1CC1c1cc(Br)ccc1F. The molecule has 1 aliphatic carbocycles. The molecule has 1 aliphatic rings. The minimum Gasteiger partial charge on any atom is -0.312 e. The Bertz CT molecular complexity index is 411. The van der Waals surface area contributed by atoms with Gasteiger partial charge in [0, 0.05) is 10.0 Å². The predicted molar refractivity (Wildman–Crippen MR) is 72.7 cm³/mol. The summed E-state index contributed by atoms with van der Waals surface area (Å²) in [4.78, 5) is 0. The van der Waals surface area contributed by atoms with Crippen molar-refractivity contribution in [3.8, 4) is 0 Å². The van der Waals surface area contributed by atoms with Crippen molar-refractivity contribution in [2.75, 3.05) is 6.54 Å². The molecule has 1 N–H and O–H groups in total. The van der Waals surface area contributed by atoms with E-state index in [0.717, 1.165) is 23.0 Å². The molecule has 0 radical (unpaired) electrons. The van der Waals surface area contributed by atoms with Crippen LogP contribution in [0, 0.1) is 11.7 Å². The maximum atomic E-state index is 13.7. The van der Waals surface area contributed by atoms with E-state index in [2.05, 4.69) is 42.0 Å². The standard InChI is InChI=1S/C14H19BrFN/c1-14(2,3)17-8-9-6-11(9)12-7-10(15)4-5-13(12)16/h4-5,7,9,11,17H,6,8H2,1-3H3. The van der Waals surface area contributed by atoms with E-state index in [-0.39, 0.29) is 11.4 Å². The molecule has 2 unspecified atom stereocenters. The zero-order valence-electron chi connectivity index (χ0n) is 10.6. The van der Waals surface area contributed by atoms with Crippen LogP contribution in [-0.4, -0.2) is 12.1 Å². The van der Waals surface area contributed by atoms with Crippen molar-refractivity contribution in [2.45, 2.75) is 38.6 Å². The topological polar surface area (TPSA) is 12.0 Å². The van der Waals surface area contributed by atoms with E-state index < -0.39 is 0 Å². The molecule has 2 atom stereocenters. The zero-order chi connectivity index (χ0) is 12.6. The quantitative estimate of drug-likeness (QED) is 0.887. The monoisotopic (exact) mass is 299 g/mol. The molecule has 0 aliphatic heterocycles. The zero-order valence-corrected chi connectivity index (χ0v) is 12.1. The molecule has 1 saturated carbocycles. The van der Waals surface area contributed by atoms with Crippen molar-refractivity contribution >= 4 is 15.9 Å². The van der Waals surface area contributed by atoms with Crippen LogP contribution in [0.4, 0.5) is 4.39 Å². The summed E-state index contributed by atoms with van der Waals surface area (Å²) in [5.41, 5.74) is 1.00. The van der Waals surface area contributed by atoms with Crippen molar-refractivity contribution in [2.24, 2.45) is 5.92 Å². The molecule has 0 amide bonds. The predicted octanol–water partition coefficient (Wildman–Crippen LogP) is 4.08. The molecule has 3 heteroatoms. The van der Waals surface area contributed by atoms with Crippen LogP contribution in [0.5, 0.6) is 0 Å². The van der Waals surface area contributed by atoms with E-state index in [9.17, 15) is 4.39 Å². The van der Waals surface area contributed by atoms with Crippen molar-refractivity contribution in [3.63, 3.8) is 0 Å². The highest BCUT2D eigenvalue weighted by Crippen LogP contribution is 2.48. The summed E-state index contributed by atoms with van der Waals surface area (Å²) in [6, 6.07) is 5.21. The highest BCUT2D eigenvalue weighted by molar-refractivity contribution is 9.10. The maximum absolute atomic E-state index is 13.7. The van der Waals surface area contributed by atoms with Crippen molar-refractivity contribution in [1.82, 2.24) is 5.32 Å². The molecule has 1 aromatic carbocycles. The number of halogens is 2. The van der Waals surface area contributed by atoms with Crippen LogP contribution in [0.25, 0.3) is 0 Å². The first-order valence-corrected chi connectivity index (χ1v) is 6.86. The second-order valence-corrected chi connectivity index (χ2v) is 6.81. The molecule has 0 bridgehead atoms. The molecular weight excluding hydrogens is 281 g/mol.